The molecule has 0 bridgehead atoms. The van der Waals surface area contributed by atoms with Crippen molar-refractivity contribution >= 4 is 40.5 Å². The molecule has 1 fully saturated rings. The molecule has 0 spiro atoms. The second-order valence-electron chi connectivity index (χ2n) is 9.95. The van der Waals surface area contributed by atoms with Gasteiger partial charge in [0.25, 0.3) is 11.8 Å². The summed E-state index contributed by atoms with van der Waals surface area (Å²) in [7, 11) is 1.76. The molecule has 6 rings (SSSR count). The van der Waals surface area contributed by atoms with Gasteiger partial charge in [0.1, 0.15) is 11.6 Å². The second kappa shape index (κ2) is 9.22. The number of allylic oxidation sites excluding steroid dienone is 1. The van der Waals surface area contributed by atoms with Gasteiger partial charge in [-0.05, 0) is 61.2 Å². The van der Waals surface area contributed by atoms with E-state index in [9.17, 15) is 31.5 Å². The lowest BCUT2D eigenvalue weighted by atomic mass is 9.92. The van der Waals surface area contributed by atoms with Crippen LogP contribution in [0.1, 0.15) is 61.9 Å². The van der Waals surface area contributed by atoms with Crippen LogP contribution in [0.2, 0.25) is 5.02 Å². The third-order valence-electron chi connectivity index (χ3n) is 7.10. The molecule has 206 valence electrons. The normalized spacial score (nSPS) is 18.9. The van der Waals surface area contributed by atoms with Gasteiger partial charge in [0.15, 0.2) is 0 Å². The van der Waals surface area contributed by atoms with Crippen molar-refractivity contribution < 1.29 is 31.5 Å². The molecule has 40 heavy (non-hydrogen) atoms. The fourth-order valence-electron chi connectivity index (χ4n) is 5.08. The largest absolute Gasteiger partial charge is 0.416 e. The van der Waals surface area contributed by atoms with E-state index in [0.29, 0.717) is 35.4 Å². The zero-order valence-electron chi connectivity index (χ0n) is 20.7. The van der Waals surface area contributed by atoms with Crippen molar-refractivity contribution in [2.24, 2.45) is 5.92 Å². The lowest BCUT2D eigenvalue weighted by Crippen LogP contribution is -2.22. The van der Waals surface area contributed by atoms with Gasteiger partial charge in [-0.25, -0.2) is 8.78 Å². The van der Waals surface area contributed by atoms with Crippen molar-refractivity contribution in [3.05, 3.63) is 98.6 Å². The van der Waals surface area contributed by atoms with Crippen LogP contribution in [-0.4, -0.2) is 23.9 Å². The number of hydrogen-bond donors (Lipinski definition) is 3. The summed E-state index contributed by atoms with van der Waals surface area (Å²) >= 11 is 6.36. The van der Waals surface area contributed by atoms with Crippen LogP contribution >= 0.6 is 11.6 Å². The number of carbonyl (C=O) groups is 2. The van der Waals surface area contributed by atoms with Crippen molar-refractivity contribution in [3.8, 4) is 0 Å². The van der Waals surface area contributed by atoms with E-state index in [2.05, 4.69) is 16.1 Å². The average molecular weight is 575 g/mol. The maximum Gasteiger partial charge on any atom is 0.416 e. The van der Waals surface area contributed by atoms with E-state index in [1.165, 1.54) is 6.07 Å². The van der Waals surface area contributed by atoms with Gasteiger partial charge >= 0.3 is 6.18 Å². The molecule has 3 aliphatic rings. The van der Waals surface area contributed by atoms with Crippen molar-refractivity contribution in [2.45, 2.75) is 25.1 Å². The van der Waals surface area contributed by atoms with Gasteiger partial charge in [0, 0.05) is 40.0 Å². The number of rotatable bonds is 4. The standard InChI is InChI=1S/C28H20ClF5N4O2/c1-38-21(6-12-2-3-12)18-11-20(35-26(39)13-7-14(28(32,33)34)9-16(31)8-13)22-23(25(18)37-38)27(40)36-24(22)17-10-15(30)4-5-19(17)29/h4-12,24,37H,2-3H2,1H3,(H,35,39)(H,36,40). The molecule has 3 aromatic carbocycles. The minimum absolute atomic E-state index is 0.0824. The number of anilines is 2. The van der Waals surface area contributed by atoms with E-state index in [4.69, 9.17) is 11.6 Å². The smallest absolute Gasteiger partial charge is 0.341 e. The first-order valence-corrected chi connectivity index (χ1v) is 12.7. The highest BCUT2D eigenvalue weighted by Gasteiger charge is 2.41. The summed E-state index contributed by atoms with van der Waals surface area (Å²) in [4.78, 5) is 26.6. The summed E-state index contributed by atoms with van der Waals surface area (Å²) in [5.74, 6) is -3.05. The predicted octanol–water partition coefficient (Wildman–Crippen LogP) is 6.75. The minimum Gasteiger partial charge on any atom is -0.341 e. The maximum atomic E-state index is 14.2. The molecule has 12 heteroatoms. The van der Waals surface area contributed by atoms with Crippen molar-refractivity contribution in [1.29, 1.82) is 0 Å². The highest BCUT2D eigenvalue weighted by atomic mass is 35.5. The molecule has 0 radical (unpaired) electrons. The van der Waals surface area contributed by atoms with Gasteiger partial charge in [-0.15, -0.1) is 0 Å². The second-order valence-corrected chi connectivity index (χ2v) is 10.4. The maximum absolute atomic E-state index is 14.2. The highest BCUT2D eigenvalue weighted by molar-refractivity contribution is 6.31. The Morgan fingerprint density at radius 3 is 2.55 bits per heavy atom. The summed E-state index contributed by atoms with van der Waals surface area (Å²) in [5.41, 5.74) is 3.78. The summed E-state index contributed by atoms with van der Waals surface area (Å²) in [5, 5.41) is 7.24. The molecule has 1 aliphatic carbocycles. The van der Waals surface area contributed by atoms with Crippen LogP contribution in [0.15, 0.2) is 48.5 Å². The van der Waals surface area contributed by atoms with E-state index in [1.807, 2.05) is 6.08 Å². The molecule has 3 aromatic rings. The fraction of sp³-hybridized carbons (Fsp3) is 0.214. The SMILES string of the molecule is CN1Nc2c(cc(NC(=O)c3cc(F)cc(C(F)(F)F)c3)c3c2C(=O)NC3c2cc(F)ccc2Cl)C1=CC1CC1. The number of carbonyl (C=O) groups excluding carboxylic acids is 2. The number of alkyl halides is 3. The highest BCUT2D eigenvalue weighted by Crippen LogP contribution is 2.49. The molecule has 3 N–H and O–H groups in total. The van der Waals surface area contributed by atoms with E-state index < -0.39 is 46.8 Å². The molecule has 0 aromatic heterocycles. The summed E-state index contributed by atoms with van der Waals surface area (Å²) in [6, 6.07) is 5.78. The number of nitrogens with one attached hydrogen (secondary N) is 3. The molecular formula is C28H20ClF5N4O2. The first-order chi connectivity index (χ1) is 18.9. The predicted molar refractivity (Wildman–Crippen MR) is 139 cm³/mol. The monoisotopic (exact) mass is 574 g/mol. The number of nitrogens with zero attached hydrogens (tertiary/aromatic N) is 1. The van der Waals surface area contributed by atoms with Crippen LogP contribution in [0.25, 0.3) is 5.70 Å². The Labute approximate surface area is 229 Å². The van der Waals surface area contributed by atoms with E-state index in [0.717, 1.165) is 30.7 Å². The van der Waals surface area contributed by atoms with Crippen LogP contribution in [0.5, 0.6) is 0 Å². The molecule has 6 nitrogen and oxygen atoms in total. The van der Waals surface area contributed by atoms with Crippen LogP contribution in [0.3, 0.4) is 0 Å². The number of hydrogen-bond acceptors (Lipinski definition) is 4. The summed E-state index contributed by atoms with van der Waals surface area (Å²) in [6.07, 6.45) is -0.834. The molecule has 2 aliphatic heterocycles. The third-order valence-corrected chi connectivity index (χ3v) is 7.44. The van der Waals surface area contributed by atoms with Crippen LogP contribution in [0.4, 0.5) is 33.3 Å². The van der Waals surface area contributed by atoms with E-state index >= 15 is 0 Å². The third kappa shape index (κ3) is 4.53. The fourth-order valence-corrected chi connectivity index (χ4v) is 5.30. The Balaban J connectivity index is 1.52. The quantitative estimate of drug-likeness (QED) is 0.302. The van der Waals surface area contributed by atoms with Crippen LogP contribution in [0, 0.1) is 17.6 Å². The number of fused-ring (bicyclic) bond motifs is 3. The van der Waals surface area contributed by atoms with E-state index in [1.54, 1.807) is 18.1 Å². The lowest BCUT2D eigenvalue weighted by molar-refractivity contribution is -0.137. The lowest BCUT2D eigenvalue weighted by Gasteiger charge is -2.19. The zero-order chi connectivity index (χ0) is 28.5. The number of hydrazine groups is 1. The van der Waals surface area contributed by atoms with Gasteiger partial charge in [-0.1, -0.05) is 17.7 Å². The number of amides is 2. The molecule has 2 heterocycles. The zero-order valence-corrected chi connectivity index (χ0v) is 21.5. The van der Waals surface area contributed by atoms with Crippen LogP contribution < -0.4 is 16.1 Å². The van der Waals surface area contributed by atoms with Gasteiger partial charge < -0.3 is 10.6 Å². The number of halogens is 6. The number of benzene rings is 3. The van der Waals surface area contributed by atoms with E-state index in [-0.39, 0.29) is 27.4 Å². The molecule has 0 saturated heterocycles. The van der Waals surface area contributed by atoms with Crippen molar-refractivity contribution in [1.82, 2.24) is 10.3 Å². The molecule has 1 saturated carbocycles. The first-order valence-electron chi connectivity index (χ1n) is 12.3. The van der Waals surface area contributed by atoms with Gasteiger partial charge in [-0.2, -0.15) is 13.2 Å². The van der Waals surface area contributed by atoms with Crippen LogP contribution in [-0.2, 0) is 6.18 Å². The Morgan fingerprint density at radius 1 is 1.10 bits per heavy atom. The van der Waals surface area contributed by atoms with Gasteiger partial charge in [0.05, 0.1) is 28.6 Å². The topological polar surface area (TPSA) is 73.5 Å². The minimum atomic E-state index is -4.87. The Hall–Kier alpha value is -4.12. The van der Waals surface area contributed by atoms with Gasteiger partial charge in [0.2, 0.25) is 0 Å². The average Bonchev–Trinajstić information content (AvgIpc) is 3.57. The van der Waals surface area contributed by atoms with Crippen molar-refractivity contribution in [2.75, 3.05) is 17.8 Å². The Kier molecular flexibility index (Phi) is 6.02. The van der Waals surface area contributed by atoms with Gasteiger partial charge in [-0.3, -0.25) is 20.0 Å². The Bertz CT molecular complexity index is 1630. The molecule has 1 unspecified atom stereocenters. The first kappa shape index (κ1) is 26.1. The summed E-state index contributed by atoms with van der Waals surface area (Å²) in [6.45, 7) is 0. The molecule has 1 atom stereocenters. The Morgan fingerprint density at radius 2 is 1.85 bits per heavy atom. The molecular weight excluding hydrogens is 555 g/mol. The molecule has 2 amide bonds. The summed E-state index contributed by atoms with van der Waals surface area (Å²) < 4.78 is 68.2. The van der Waals surface area contributed by atoms with Crippen molar-refractivity contribution in [3.63, 3.8) is 0 Å².